The lowest BCUT2D eigenvalue weighted by atomic mass is 10.1. The van der Waals surface area contributed by atoms with E-state index in [2.05, 4.69) is 5.32 Å². The molecule has 2 amide bonds. The van der Waals surface area contributed by atoms with Crippen molar-refractivity contribution >= 4 is 17.5 Å². The number of carbonyl (C=O) groups excluding carboxylic acids is 2. The molecule has 0 aromatic heterocycles. The summed E-state index contributed by atoms with van der Waals surface area (Å²) >= 11 is 0. The van der Waals surface area contributed by atoms with Gasteiger partial charge in [0.2, 0.25) is 5.91 Å². The lowest BCUT2D eigenvalue weighted by Gasteiger charge is -2.31. The molecule has 0 radical (unpaired) electrons. The predicted molar refractivity (Wildman–Crippen MR) is 105 cm³/mol. The van der Waals surface area contributed by atoms with Gasteiger partial charge in [-0.3, -0.25) is 9.59 Å². The van der Waals surface area contributed by atoms with Crippen LogP contribution in [-0.4, -0.2) is 87.7 Å². The minimum atomic E-state index is -0.113. The number of rotatable bonds is 6. The average molecular weight is 374 g/mol. The van der Waals surface area contributed by atoms with E-state index in [1.54, 1.807) is 4.90 Å². The first kappa shape index (κ1) is 19.6. The Morgan fingerprint density at radius 2 is 2.04 bits per heavy atom. The number of benzene rings is 1. The summed E-state index contributed by atoms with van der Waals surface area (Å²) in [6, 6.07) is 7.53. The van der Waals surface area contributed by atoms with Gasteiger partial charge in [-0.1, -0.05) is 6.07 Å². The maximum absolute atomic E-state index is 13.2. The van der Waals surface area contributed by atoms with Gasteiger partial charge in [0.1, 0.15) is 6.54 Å². The van der Waals surface area contributed by atoms with Crippen LogP contribution in [0.2, 0.25) is 0 Å². The van der Waals surface area contributed by atoms with E-state index in [1.807, 2.05) is 48.2 Å². The molecule has 2 heterocycles. The van der Waals surface area contributed by atoms with Gasteiger partial charge < -0.3 is 24.8 Å². The first-order valence-corrected chi connectivity index (χ1v) is 9.71. The third-order valence-electron chi connectivity index (χ3n) is 5.14. The Labute approximate surface area is 161 Å². The molecule has 1 aromatic rings. The van der Waals surface area contributed by atoms with Crippen LogP contribution in [0.3, 0.4) is 0 Å². The van der Waals surface area contributed by atoms with Crippen molar-refractivity contribution in [1.29, 1.82) is 0 Å². The first-order valence-electron chi connectivity index (χ1n) is 9.71. The van der Waals surface area contributed by atoms with E-state index in [0.29, 0.717) is 25.2 Å². The molecule has 2 saturated heterocycles. The lowest BCUT2D eigenvalue weighted by Crippen LogP contribution is -2.51. The van der Waals surface area contributed by atoms with Crippen molar-refractivity contribution < 1.29 is 14.3 Å². The number of piperazine rings is 1. The highest BCUT2D eigenvalue weighted by Crippen LogP contribution is 2.18. The highest BCUT2D eigenvalue weighted by atomic mass is 16.5. The van der Waals surface area contributed by atoms with Gasteiger partial charge in [-0.15, -0.1) is 0 Å². The van der Waals surface area contributed by atoms with Crippen molar-refractivity contribution in [1.82, 2.24) is 15.1 Å². The fourth-order valence-corrected chi connectivity index (χ4v) is 3.53. The predicted octanol–water partition coefficient (Wildman–Crippen LogP) is 0.806. The van der Waals surface area contributed by atoms with E-state index in [4.69, 9.17) is 4.74 Å². The van der Waals surface area contributed by atoms with Crippen molar-refractivity contribution in [2.24, 2.45) is 0 Å². The molecule has 0 bridgehead atoms. The molecule has 0 aliphatic carbocycles. The SMILES string of the molecule is CN(C)c1cccc(C(=O)N(CC(=O)N2CCNCC2)CC2CCCO2)c1. The van der Waals surface area contributed by atoms with Gasteiger partial charge in [0.25, 0.3) is 5.91 Å². The summed E-state index contributed by atoms with van der Waals surface area (Å²) in [5.74, 6) is -0.107. The number of carbonyl (C=O) groups is 2. The van der Waals surface area contributed by atoms with Gasteiger partial charge in [0.15, 0.2) is 0 Å². The quantitative estimate of drug-likeness (QED) is 0.798. The second-order valence-electron chi connectivity index (χ2n) is 7.40. The molecule has 1 aromatic carbocycles. The Balaban J connectivity index is 1.74. The molecule has 1 atom stereocenters. The van der Waals surface area contributed by atoms with Crippen LogP contribution in [0.15, 0.2) is 24.3 Å². The fraction of sp³-hybridized carbons (Fsp3) is 0.600. The van der Waals surface area contributed by atoms with Crippen LogP contribution >= 0.6 is 0 Å². The number of nitrogens with zero attached hydrogens (tertiary/aromatic N) is 3. The largest absolute Gasteiger partial charge is 0.378 e. The van der Waals surface area contributed by atoms with E-state index < -0.39 is 0 Å². The third-order valence-corrected chi connectivity index (χ3v) is 5.14. The highest BCUT2D eigenvalue weighted by molar-refractivity contribution is 5.97. The summed E-state index contributed by atoms with van der Waals surface area (Å²) in [6.07, 6.45) is 1.96. The van der Waals surface area contributed by atoms with E-state index in [1.165, 1.54) is 0 Å². The molecular weight excluding hydrogens is 344 g/mol. The van der Waals surface area contributed by atoms with Gasteiger partial charge in [0.05, 0.1) is 6.10 Å². The fourth-order valence-electron chi connectivity index (χ4n) is 3.53. The molecule has 1 N–H and O–H groups in total. The Morgan fingerprint density at radius 3 is 2.70 bits per heavy atom. The van der Waals surface area contributed by atoms with Crippen LogP contribution in [0.5, 0.6) is 0 Å². The average Bonchev–Trinajstić information content (AvgIpc) is 3.20. The molecule has 0 spiro atoms. The monoisotopic (exact) mass is 374 g/mol. The van der Waals surface area contributed by atoms with Gasteiger partial charge in [-0.2, -0.15) is 0 Å². The Morgan fingerprint density at radius 1 is 1.26 bits per heavy atom. The second-order valence-corrected chi connectivity index (χ2v) is 7.40. The highest BCUT2D eigenvalue weighted by Gasteiger charge is 2.27. The molecule has 7 nitrogen and oxygen atoms in total. The first-order chi connectivity index (χ1) is 13.0. The minimum absolute atomic E-state index is 0.00612. The maximum atomic E-state index is 13.2. The summed E-state index contributed by atoms with van der Waals surface area (Å²) in [7, 11) is 3.89. The molecule has 3 rings (SSSR count). The Bertz CT molecular complexity index is 652. The van der Waals surface area contributed by atoms with E-state index in [9.17, 15) is 9.59 Å². The normalized spacial score (nSPS) is 19.8. The van der Waals surface area contributed by atoms with E-state index in [0.717, 1.165) is 38.2 Å². The van der Waals surface area contributed by atoms with Gasteiger partial charge in [-0.05, 0) is 31.0 Å². The zero-order valence-corrected chi connectivity index (χ0v) is 16.3. The van der Waals surface area contributed by atoms with Crippen LogP contribution < -0.4 is 10.2 Å². The van der Waals surface area contributed by atoms with Crippen LogP contribution in [0.1, 0.15) is 23.2 Å². The van der Waals surface area contributed by atoms with Crippen LogP contribution in [0, 0.1) is 0 Å². The van der Waals surface area contributed by atoms with Crippen LogP contribution in [-0.2, 0) is 9.53 Å². The van der Waals surface area contributed by atoms with Crippen molar-refractivity contribution in [3.63, 3.8) is 0 Å². The number of amides is 2. The van der Waals surface area contributed by atoms with Crippen molar-refractivity contribution in [3.8, 4) is 0 Å². The Kier molecular flexibility index (Phi) is 6.68. The molecule has 2 aliphatic rings. The molecule has 2 fully saturated rings. The summed E-state index contributed by atoms with van der Waals surface area (Å²) in [6.45, 7) is 4.28. The smallest absolute Gasteiger partial charge is 0.254 e. The second kappa shape index (κ2) is 9.19. The number of hydrogen-bond acceptors (Lipinski definition) is 5. The molecule has 148 valence electrons. The Hall–Kier alpha value is -2.12. The zero-order chi connectivity index (χ0) is 19.2. The topological polar surface area (TPSA) is 65.1 Å². The molecular formula is C20H30N4O3. The summed E-state index contributed by atoms with van der Waals surface area (Å²) in [4.78, 5) is 31.4. The summed E-state index contributed by atoms with van der Waals surface area (Å²) < 4.78 is 5.72. The number of hydrogen-bond donors (Lipinski definition) is 1. The molecule has 0 saturated carbocycles. The number of anilines is 1. The summed E-state index contributed by atoms with van der Waals surface area (Å²) in [5.41, 5.74) is 1.57. The lowest BCUT2D eigenvalue weighted by molar-refractivity contribution is -0.132. The van der Waals surface area contributed by atoms with Gasteiger partial charge >= 0.3 is 0 Å². The van der Waals surface area contributed by atoms with Gasteiger partial charge in [0, 0.05) is 64.7 Å². The van der Waals surface area contributed by atoms with Crippen molar-refractivity contribution in [2.45, 2.75) is 18.9 Å². The summed E-state index contributed by atoms with van der Waals surface area (Å²) in [5, 5.41) is 3.25. The molecule has 1 unspecified atom stereocenters. The van der Waals surface area contributed by atoms with Crippen LogP contribution in [0.25, 0.3) is 0 Å². The molecule has 27 heavy (non-hydrogen) atoms. The zero-order valence-electron chi connectivity index (χ0n) is 16.3. The number of nitrogens with one attached hydrogen (secondary N) is 1. The third kappa shape index (κ3) is 5.20. The van der Waals surface area contributed by atoms with E-state index >= 15 is 0 Å². The van der Waals surface area contributed by atoms with Crippen molar-refractivity contribution in [3.05, 3.63) is 29.8 Å². The standard InChI is InChI=1S/C20H30N4O3/c1-22(2)17-6-3-5-16(13-17)20(26)24(14-18-7-4-12-27-18)15-19(25)23-10-8-21-9-11-23/h3,5-6,13,18,21H,4,7-12,14-15H2,1-2H3. The van der Waals surface area contributed by atoms with Crippen LogP contribution in [0.4, 0.5) is 5.69 Å². The molecule has 2 aliphatic heterocycles. The maximum Gasteiger partial charge on any atom is 0.254 e. The van der Waals surface area contributed by atoms with Gasteiger partial charge in [-0.25, -0.2) is 0 Å². The van der Waals surface area contributed by atoms with Crippen molar-refractivity contribution in [2.75, 3.05) is 64.9 Å². The minimum Gasteiger partial charge on any atom is -0.378 e. The number of ether oxygens (including phenoxy) is 1. The molecule has 7 heteroatoms. The van der Waals surface area contributed by atoms with E-state index in [-0.39, 0.29) is 24.5 Å².